The van der Waals surface area contributed by atoms with Gasteiger partial charge in [-0.1, -0.05) is 6.92 Å². The summed E-state index contributed by atoms with van der Waals surface area (Å²) in [6, 6.07) is 0. The van der Waals surface area contributed by atoms with Gasteiger partial charge in [-0.05, 0) is 26.7 Å². The lowest BCUT2D eigenvalue weighted by Crippen LogP contribution is -2.42. The summed E-state index contributed by atoms with van der Waals surface area (Å²) >= 11 is 5.54. The largest absolute Gasteiger partial charge is 0.212 e. The summed E-state index contributed by atoms with van der Waals surface area (Å²) in [4.78, 5) is 0. The van der Waals surface area contributed by atoms with E-state index < -0.39 is 15.6 Å². The van der Waals surface area contributed by atoms with Gasteiger partial charge in [0.05, 0.1) is 5.75 Å². The second-order valence-corrected chi connectivity index (χ2v) is 6.47. The van der Waals surface area contributed by atoms with E-state index >= 15 is 0 Å². The first-order chi connectivity index (χ1) is 5.66. The summed E-state index contributed by atoms with van der Waals surface area (Å²) in [6.07, 6.45) is 0. The third-order valence-corrected chi connectivity index (χ3v) is 3.69. The molecule has 13 heavy (non-hydrogen) atoms. The second-order valence-electron chi connectivity index (χ2n) is 4.39. The fourth-order valence-electron chi connectivity index (χ4n) is 0.927. The predicted molar refractivity (Wildman–Crippen MR) is 56.6 cm³/mol. The van der Waals surface area contributed by atoms with Crippen molar-refractivity contribution in [3.63, 3.8) is 0 Å². The smallest absolute Gasteiger partial charge is 0.212 e. The number of sulfonamides is 1. The van der Waals surface area contributed by atoms with E-state index in [0.717, 1.165) is 0 Å². The highest BCUT2D eigenvalue weighted by molar-refractivity contribution is 7.89. The zero-order valence-electron chi connectivity index (χ0n) is 8.59. The highest BCUT2D eigenvalue weighted by atomic mass is 35.5. The van der Waals surface area contributed by atoms with Gasteiger partial charge in [0.2, 0.25) is 10.0 Å². The van der Waals surface area contributed by atoms with Crippen molar-refractivity contribution in [3.05, 3.63) is 0 Å². The molecule has 3 nitrogen and oxygen atoms in total. The van der Waals surface area contributed by atoms with Crippen LogP contribution in [0.2, 0.25) is 0 Å². The van der Waals surface area contributed by atoms with Gasteiger partial charge in [-0.15, -0.1) is 11.6 Å². The Balaban J connectivity index is 4.27. The maximum absolute atomic E-state index is 11.4. The molecule has 1 atom stereocenters. The van der Waals surface area contributed by atoms with Crippen LogP contribution in [0.4, 0.5) is 0 Å². The molecule has 0 rings (SSSR count). The summed E-state index contributed by atoms with van der Waals surface area (Å²) in [5.41, 5.74) is -0.412. The van der Waals surface area contributed by atoms with Gasteiger partial charge in [-0.25, -0.2) is 13.1 Å². The molecule has 0 aromatic heterocycles. The SMILES string of the molecule is CC(CCl)CS(=O)(=O)NC(C)(C)C. The Bertz CT molecular complexity index is 243. The average Bonchev–Trinajstić information content (AvgIpc) is 1.80. The number of rotatable bonds is 4. The molecule has 0 radical (unpaired) electrons. The van der Waals surface area contributed by atoms with Crippen molar-refractivity contribution >= 4 is 21.6 Å². The van der Waals surface area contributed by atoms with Crippen molar-refractivity contribution in [2.45, 2.75) is 33.2 Å². The molecule has 0 aliphatic carbocycles. The number of alkyl halides is 1. The predicted octanol–water partition coefficient (Wildman–Crippen LogP) is 1.58. The zero-order valence-corrected chi connectivity index (χ0v) is 10.2. The minimum absolute atomic E-state index is 0.0125. The Morgan fingerprint density at radius 3 is 2.15 bits per heavy atom. The summed E-state index contributed by atoms with van der Waals surface area (Å²) < 4.78 is 25.5. The highest BCUT2D eigenvalue weighted by Crippen LogP contribution is 2.07. The van der Waals surface area contributed by atoms with Gasteiger partial charge >= 0.3 is 0 Å². The lowest BCUT2D eigenvalue weighted by Gasteiger charge is -2.21. The van der Waals surface area contributed by atoms with Crippen LogP contribution in [0.5, 0.6) is 0 Å². The number of nitrogens with one attached hydrogen (secondary N) is 1. The third-order valence-electron chi connectivity index (χ3n) is 1.23. The van der Waals surface area contributed by atoms with Crippen LogP contribution in [-0.2, 0) is 10.0 Å². The van der Waals surface area contributed by atoms with Crippen molar-refractivity contribution in [2.75, 3.05) is 11.6 Å². The van der Waals surface area contributed by atoms with E-state index in [-0.39, 0.29) is 11.7 Å². The molecule has 0 saturated carbocycles. The molecule has 1 N–H and O–H groups in total. The van der Waals surface area contributed by atoms with Crippen LogP contribution in [0.15, 0.2) is 0 Å². The Kier molecular flexibility index (Phi) is 4.69. The highest BCUT2D eigenvalue weighted by Gasteiger charge is 2.21. The summed E-state index contributed by atoms with van der Waals surface area (Å²) in [5, 5.41) is 0. The van der Waals surface area contributed by atoms with Crippen LogP contribution in [0.3, 0.4) is 0 Å². The molecule has 0 saturated heterocycles. The Hall–Kier alpha value is 0.200. The molecule has 1 unspecified atom stereocenters. The average molecular weight is 228 g/mol. The van der Waals surface area contributed by atoms with Crippen molar-refractivity contribution in [1.82, 2.24) is 4.72 Å². The second kappa shape index (κ2) is 4.62. The first-order valence-electron chi connectivity index (χ1n) is 4.24. The van der Waals surface area contributed by atoms with E-state index in [1.807, 2.05) is 27.7 Å². The van der Waals surface area contributed by atoms with Gasteiger partial charge in [0.25, 0.3) is 0 Å². The van der Waals surface area contributed by atoms with E-state index in [4.69, 9.17) is 11.6 Å². The molecule has 0 aliphatic heterocycles. The lowest BCUT2D eigenvalue weighted by molar-refractivity contribution is 0.487. The molecule has 0 heterocycles. The molecular weight excluding hydrogens is 210 g/mol. The molecule has 0 aromatic carbocycles. The van der Waals surface area contributed by atoms with Gasteiger partial charge in [-0.3, -0.25) is 0 Å². The van der Waals surface area contributed by atoms with E-state index in [0.29, 0.717) is 5.88 Å². The minimum Gasteiger partial charge on any atom is -0.212 e. The van der Waals surface area contributed by atoms with E-state index in [1.54, 1.807) is 0 Å². The van der Waals surface area contributed by atoms with Crippen LogP contribution in [0, 0.1) is 5.92 Å². The van der Waals surface area contributed by atoms with Crippen molar-refractivity contribution < 1.29 is 8.42 Å². The zero-order chi connectivity index (χ0) is 10.7. The van der Waals surface area contributed by atoms with E-state index in [1.165, 1.54) is 0 Å². The molecule has 0 bridgehead atoms. The molecule has 0 aromatic rings. The van der Waals surface area contributed by atoms with Crippen LogP contribution >= 0.6 is 11.6 Å². The van der Waals surface area contributed by atoms with Crippen molar-refractivity contribution in [3.8, 4) is 0 Å². The Labute approximate surface area is 85.9 Å². The summed E-state index contributed by atoms with van der Waals surface area (Å²) in [7, 11) is -3.19. The van der Waals surface area contributed by atoms with Crippen LogP contribution in [0.25, 0.3) is 0 Å². The number of hydrogen-bond acceptors (Lipinski definition) is 2. The Morgan fingerprint density at radius 2 is 1.85 bits per heavy atom. The normalized spacial score (nSPS) is 15.8. The fraction of sp³-hybridized carbons (Fsp3) is 1.00. The van der Waals surface area contributed by atoms with Gasteiger partial charge in [0, 0.05) is 11.4 Å². The maximum atomic E-state index is 11.4. The van der Waals surface area contributed by atoms with Gasteiger partial charge in [0.1, 0.15) is 0 Å². The van der Waals surface area contributed by atoms with Crippen LogP contribution < -0.4 is 4.72 Å². The monoisotopic (exact) mass is 227 g/mol. The maximum Gasteiger partial charge on any atom is 0.212 e. The first-order valence-corrected chi connectivity index (χ1v) is 6.42. The lowest BCUT2D eigenvalue weighted by atomic mass is 10.1. The van der Waals surface area contributed by atoms with Crippen molar-refractivity contribution in [2.24, 2.45) is 5.92 Å². The molecule has 0 spiro atoms. The van der Waals surface area contributed by atoms with E-state index in [9.17, 15) is 8.42 Å². The van der Waals surface area contributed by atoms with Crippen LogP contribution in [0.1, 0.15) is 27.7 Å². The molecule has 0 amide bonds. The third kappa shape index (κ3) is 7.28. The van der Waals surface area contributed by atoms with Gasteiger partial charge in [0.15, 0.2) is 0 Å². The molecule has 5 heteroatoms. The van der Waals surface area contributed by atoms with Gasteiger partial charge in [-0.2, -0.15) is 0 Å². The Morgan fingerprint density at radius 1 is 1.38 bits per heavy atom. The molecule has 0 aliphatic rings. The topological polar surface area (TPSA) is 46.2 Å². The number of halogens is 1. The summed E-state index contributed by atoms with van der Waals surface area (Å²) in [5.74, 6) is 0.445. The van der Waals surface area contributed by atoms with Crippen LogP contribution in [-0.4, -0.2) is 25.6 Å². The molecule has 80 valence electrons. The van der Waals surface area contributed by atoms with Gasteiger partial charge < -0.3 is 0 Å². The number of hydrogen-bond donors (Lipinski definition) is 1. The van der Waals surface area contributed by atoms with E-state index in [2.05, 4.69) is 4.72 Å². The minimum atomic E-state index is -3.19. The quantitative estimate of drug-likeness (QED) is 0.742. The van der Waals surface area contributed by atoms with Crippen molar-refractivity contribution in [1.29, 1.82) is 0 Å². The summed E-state index contributed by atoms with van der Waals surface area (Å²) in [6.45, 7) is 7.26. The first kappa shape index (κ1) is 13.2. The standard InChI is InChI=1S/C8H18ClNO2S/c1-7(5-9)6-13(11,12)10-8(2,3)4/h7,10H,5-6H2,1-4H3. The molecular formula is C8H18ClNO2S. The molecule has 0 fully saturated rings. The fourth-order valence-corrected chi connectivity index (χ4v) is 3.05.